The summed E-state index contributed by atoms with van der Waals surface area (Å²) in [6, 6.07) is 12.5. The molecule has 0 saturated carbocycles. The van der Waals surface area contributed by atoms with Crippen LogP contribution in [0.2, 0.25) is 0 Å². The number of halogens is 3. The van der Waals surface area contributed by atoms with Gasteiger partial charge in [0.05, 0.1) is 12.1 Å². The summed E-state index contributed by atoms with van der Waals surface area (Å²) < 4.78 is 44.5. The molecular weight excluding hydrogens is 457 g/mol. The number of carbonyl (C=O) groups is 1. The molecule has 1 N–H and O–H groups in total. The maximum Gasteiger partial charge on any atom is 0.446 e. The van der Waals surface area contributed by atoms with Crippen LogP contribution >= 0.6 is 11.8 Å². The molecule has 0 spiro atoms. The van der Waals surface area contributed by atoms with Crippen molar-refractivity contribution in [2.45, 2.75) is 30.8 Å². The second kappa shape index (κ2) is 8.74. The lowest BCUT2D eigenvalue weighted by Gasteiger charge is -2.10. The Kier molecular flexibility index (Phi) is 5.98. The van der Waals surface area contributed by atoms with Crippen LogP contribution in [0.3, 0.4) is 0 Å². The largest absolute Gasteiger partial charge is 0.478 e. The maximum absolute atomic E-state index is 12.5. The third-order valence-corrected chi connectivity index (χ3v) is 5.71. The molecule has 0 radical (unpaired) electrons. The van der Waals surface area contributed by atoms with Crippen molar-refractivity contribution < 1.29 is 27.6 Å². The number of aromatic carboxylic acids is 1. The maximum atomic E-state index is 12.5. The Bertz CT molecular complexity index is 1310. The van der Waals surface area contributed by atoms with Gasteiger partial charge in [-0.05, 0) is 73.1 Å². The first-order chi connectivity index (χ1) is 15.6. The third-order valence-electron chi connectivity index (χ3n) is 4.97. The first-order valence-electron chi connectivity index (χ1n) is 9.67. The van der Waals surface area contributed by atoms with Gasteiger partial charge >= 0.3 is 11.5 Å². The minimum absolute atomic E-state index is 0.0617. The molecule has 4 aromatic rings. The molecule has 0 aliphatic heterocycles. The van der Waals surface area contributed by atoms with Gasteiger partial charge in [-0.1, -0.05) is 17.3 Å². The Balaban J connectivity index is 1.55. The molecule has 2 aromatic carbocycles. The van der Waals surface area contributed by atoms with Gasteiger partial charge in [-0.25, -0.2) is 4.79 Å². The van der Waals surface area contributed by atoms with Gasteiger partial charge < -0.3 is 9.63 Å². The molecule has 2 heterocycles. The van der Waals surface area contributed by atoms with Gasteiger partial charge in [0, 0.05) is 16.2 Å². The second-order valence-electron chi connectivity index (χ2n) is 7.22. The zero-order chi connectivity index (χ0) is 23.8. The fourth-order valence-corrected chi connectivity index (χ4v) is 3.81. The van der Waals surface area contributed by atoms with Crippen molar-refractivity contribution in [2.75, 3.05) is 0 Å². The fourth-order valence-electron chi connectivity index (χ4n) is 3.27. The van der Waals surface area contributed by atoms with Crippen LogP contribution in [-0.4, -0.2) is 36.5 Å². The molecule has 2 aromatic heterocycles. The SMILES string of the molecule is Cc1c(Cn2nc(-c3nc(-c4ccc(SC(F)(F)F)cc4)no3)cc2C)cccc1C(=O)O. The first kappa shape index (κ1) is 22.6. The van der Waals surface area contributed by atoms with E-state index in [1.807, 2.05) is 13.0 Å². The van der Waals surface area contributed by atoms with E-state index in [1.165, 1.54) is 24.3 Å². The summed E-state index contributed by atoms with van der Waals surface area (Å²) in [5, 5.41) is 17.7. The molecule has 0 amide bonds. The normalized spacial score (nSPS) is 11.7. The van der Waals surface area contributed by atoms with Crippen LogP contribution in [-0.2, 0) is 6.54 Å². The number of carboxylic acids is 1. The quantitative estimate of drug-likeness (QED) is 0.365. The molecule has 0 aliphatic carbocycles. The van der Waals surface area contributed by atoms with Gasteiger partial charge in [-0.15, -0.1) is 0 Å². The molecule has 170 valence electrons. The number of aryl methyl sites for hydroxylation is 1. The van der Waals surface area contributed by atoms with Gasteiger partial charge in [-0.3, -0.25) is 4.68 Å². The van der Waals surface area contributed by atoms with Crippen LogP contribution in [0.15, 0.2) is 57.9 Å². The number of nitrogens with zero attached hydrogens (tertiary/aromatic N) is 4. The molecule has 4 rings (SSSR count). The van der Waals surface area contributed by atoms with Crippen molar-refractivity contribution in [3.8, 4) is 23.0 Å². The number of thioether (sulfide) groups is 1. The molecular formula is C22H17F3N4O3S. The first-order valence-corrected chi connectivity index (χ1v) is 10.5. The Morgan fingerprint density at radius 3 is 2.55 bits per heavy atom. The molecule has 0 unspecified atom stereocenters. The monoisotopic (exact) mass is 474 g/mol. The average molecular weight is 474 g/mol. The molecule has 0 fully saturated rings. The van der Waals surface area contributed by atoms with E-state index in [2.05, 4.69) is 15.2 Å². The lowest BCUT2D eigenvalue weighted by Crippen LogP contribution is -2.08. The fraction of sp³-hybridized carbons (Fsp3) is 0.182. The Morgan fingerprint density at radius 2 is 1.88 bits per heavy atom. The number of hydrogen-bond donors (Lipinski definition) is 1. The smallest absolute Gasteiger partial charge is 0.446 e. The molecule has 0 atom stereocenters. The number of benzene rings is 2. The molecule has 7 nitrogen and oxygen atoms in total. The van der Waals surface area contributed by atoms with E-state index in [1.54, 1.807) is 29.8 Å². The van der Waals surface area contributed by atoms with Gasteiger partial charge in [-0.2, -0.15) is 23.3 Å². The zero-order valence-corrected chi connectivity index (χ0v) is 18.2. The van der Waals surface area contributed by atoms with E-state index in [4.69, 9.17) is 4.52 Å². The molecule has 0 saturated heterocycles. The van der Waals surface area contributed by atoms with Crippen molar-refractivity contribution in [1.29, 1.82) is 0 Å². The van der Waals surface area contributed by atoms with E-state index in [0.29, 0.717) is 23.4 Å². The van der Waals surface area contributed by atoms with E-state index in [0.717, 1.165) is 11.3 Å². The van der Waals surface area contributed by atoms with Crippen LogP contribution < -0.4 is 0 Å². The van der Waals surface area contributed by atoms with E-state index >= 15 is 0 Å². The Labute approximate surface area is 190 Å². The van der Waals surface area contributed by atoms with E-state index in [-0.39, 0.29) is 33.9 Å². The summed E-state index contributed by atoms with van der Waals surface area (Å²) in [5.41, 5.74) is -0.900. The minimum Gasteiger partial charge on any atom is -0.478 e. The van der Waals surface area contributed by atoms with Gasteiger partial charge in [0.2, 0.25) is 5.82 Å². The standard InChI is InChI=1S/C22H17F3N4O3S/c1-12-10-18(27-29(12)11-15-4-3-5-17(13(15)2)21(30)31)20-26-19(28-32-20)14-6-8-16(9-7-14)33-22(23,24)25/h3-10H,11H2,1-2H3,(H,30,31). The lowest BCUT2D eigenvalue weighted by molar-refractivity contribution is -0.0328. The topological polar surface area (TPSA) is 94.0 Å². The number of hydrogen-bond acceptors (Lipinski definition) is 6. The van der Waals surface area contributed by atoms with Crippen LogP contribution in [0.25, 0.3) is 23.0 Å². The van der Waals surface area contributed by atoms with E-state index in [9.17, 15) is 23.1 Å². The van der Waals surface area contributed by atoms with Gasteiger partial charge in [0.1, 0.15) is 0 Å². The highest BCUT2D eigenvalue weighted by molar-refractivity contribution is 8.00. The van der Waals surface area contributed by atoms with Crippen LogP contribution in [0.4, 0.5) is 13.2 Å². The highest BCUT2D eigenvalue weighted by atomic mass is 32.2. The van der Waals surface area contributed by atoms with Gasteiger partial charge in [0.25, 0.3) is 5.89 Å². The molecule has 33 heavy (non-hydrogen) atoms. The zero-order valence-electron chi connectivity index (χ0n) is 17.4. The number of aromatic nitrogens is 4. The van der Waals surface area contributed by atoms with Crippen LogP contribution in [0, 0.1) is 13.8 Å². The Morgan fingerprint density at radius 1 is 1.15 bits per heavy atom. The lowest BCUT2D eigenvalue weighted by atomic mass is 10.0. The average Bonchev–Trinajstić information content (AvgIpc) is 3.36. The summed E-state index contributed by atoms with van der Waals surface area (Å²) in [5.74, 6) is -0.599. The van der Waals surface area contributed by atoms with Crippen molar-refractivity contribution >= 4 is 17.7 Å². The highest BCUT2D eigenvalue weighted by Crippen LogP contribution is 2.37. The summed E-state index contributed by atoms with van der Waals surface area (Å²) >= 11 is -0.195. The molecule has 0 aliphatic rings. The van der Waals surface area contributed by atoms with Gasteiger partial charge in [0.15, 0.2) is 5.69 Å². The predicted octanol–water partition coefficient (Wildman–Crippen LogP) is 5.58. The predicted molar refractivity (Wildman–Crippen MR) is 115 cm³/mol. The Hall–Kier alpha value is -3.60. The highest BCUT2D eigenvalue weighted by Gasteiger charge is 2.29. The summed E-state index contributed by atoms with van der Waals surface area (Å²) in [6.07, 6.45) is 0. The van der Waals surface area contributed by atoms with Crippen molar-refractivity contribution in [2.24, 2.45) is 0 Å². The molecule has 0 bridgehead atoms. The van der Waals surface area contributed by atoms with Crippen LogP contribution in [0.5, 0.6) is 0 Å². The summed E-state index contributed by atoms with van der Waals surface area (Å²) in [6.45, 7) is 3.96. The van der Waals surface area contributed by atoms with E-state index < -0.39 is 11.5 Å². The molecule has 11 heteroatoms. The minimum atomic E-state index is -4.36. The summed E-state index contributed by atoms with van der Waals surface area (Å²) in [4.78, 5) is 15.8. The number of carboxylic acid groups (broad SMARTS) is 1. The summed E-state index contributed by atoms with van der Waals surface area (Å²) in [7, 11) is 0. The van der Waals surface area contributed by atoms with Crippen LogP contribution in [0.1, 0.15) is 27.2 Å². The second-order valence-corrected chi connectivity index (χ2v) is 8.36. The number of rotatable bonds is 6. The van der Waals surface area contributed by atoms with Crippen molar-refractivity contribution in [3.63, 3.8) is 0 Å². The number of alkyl halides is 3. The van der Waals surface area contributed by atoms with Crippen molar-refractivity contribution in [3.05, 3.63) is 70.9 Å². The third kappa shape index (κ3) is 5.08. The van der Waals surface area contributed by atoms with Crippen molar-refractivity contribution in [1.82, 2.24) is 19.9 Å².